The highest BCUT2D eigenvalue weighted by atomic mass is 32.2. The van der Waals surface area contributed by atoms with Crippen LogP contribution >= 0.6 is 0 Å². The molecule has 17 nitrogen and oxygen atoms in total. The SMILES string of the molecule is CCC(=O)N[C@H]1C[C@@H](n2cnc3c(NCCc4ccc(S(N)(=O)=O)cc4)nc(N4CC[C@@H](NC(=O)N[C@@H]5CCNC5)C4)nc32)[C@H](O)[C@@H]1O. The van der Waals surface area contributed by atoms with Gasteiger partial charge in [-0.2, -0.15) is 9.97 Å². The number of nitrogens with zero attached hydrogens (tertiary/aromatic N) is 5. The molecule has 1 aromatic carbocycles. The normalized spacial score (nSPS) is 25.8. The molecule has 2 aromatic heterocycles. The molecule has 0 bridgehead atoms. The maximum atomic E-state index is 12.6. The topological polar surface area (TPSA) is 242 Å². The van der Waals surface area contributed by atoms with Gasteiger partial charge >= 0.3 is 6.03 Å². The number of aromatic nitrogens is 4. The van der Waals surface area contributed by atoms with E-state index in [1.165, 1.54) is 12.1 Å². The van der Waals surface area contributed by atoms with Gasteiger partial charge < -0.3 is 46.3 Å². The van der Waals surface area contributed by atoms with E-state index in [2.05, 4.69) is 31.6 Å². The van der Waals surface area contributed by atoms with Crippen LogP contribution in [0, 0.1) is 0 Å². The number of anilines is 2. The maximum absolute atomic E-state index is 12.6. The Morgan fingerprint density at radius 1 is 1.06 bits per heavy atom. The molecule has 9 N–H and O–H groups in total. The number of carbonyl (C=O) groups is 2. The van der Waals surface area contributed by atoms with Crippen LogP contribution in [0.1, 0.15) is 44.2 Å². The van der Waals surface area contributed by atoms with Gasteiger partial charge in [-0.15, -0.1) is 0 Å². The molecule has 6 rings (SSSR count). The minimum atomic E-state index is -3.79. The molecular formula is C30H43N11O6S. The van der Waals surface area contributed by atoms with E-state index in [1.807, 2.05) is 4.90 Å². The Balaban J connectivity index is 1.23. The number of hydrogen-bond donors (Lipinski definition) is 8. The Morgan fingerprint density at radius 3 is 2.54 bits per heavy atom. The van der Waals surface area contributed by atoms with E-state index in [9.17, 15) is 28.2 Å². The molecule has 0 radical (unpaired) electrons. The largest absolute Gasteiger partial charge is 0.388 e. The van der Waals surface area contributed by atoms with Crippen molar-refractivity contribution in [3.63, 3.8) is 0 Å². The second-order valence-electron chi connectivity index (χ2n) is 12.6. The van der Waals surface area contributed by atoms with Crippen LogP contribution in [0.5, 0.6) is 0 Å². The lowest BCUT2D eigenvalue weighted by Gasteiger charge is -2.21. The molecular weight excluding hydrogens is 642 g/mol. The molecule has 6 atom stereocenters. The number of imidazole rings is 1. The van der Waals surface area contributed by atoms with Gasteiger partial charge in [0.05, 0.1) is 23.3 Å². The van der Waals surface area contributed by atoms with E-state index in [0.717, 1.165) is 25.1 Å². The third-order valence-corrected chi connectivity index (χ3v) is 10.2. The standard InChI is InChI=1S/C30H43N11O6S/c1-2-23(42)37-21-13-22(26(44)25(21)43)41-16-34-24-27(33-11-7-17-3-5-20(6-4-17)48(31,46)47)38-29(39-28(24)41)40-12-9-19(15-40)36-30(45)35-18-8-10-32-14-18/h3-6,16,18-19,21-22,25-26,32,43-44H,2,7-15H2,1H3,(H,37,42)(H2,31,46,47)(H,33,38,39)(H2,35,36,45)/t18-,19-,21+,22-,25-,26+/m1/s1. The number of aliphatic hydroxyl groups excluding tert-OH is 2. The number of fused-ring (bicyclic) bond motifs is 1. The number of nitrogens with two attached hydrogens (primary N) is 1. The predicted molar refractivity (Wildman–Crippen MR) is 177 cm³/mol. The fourth-order valence-corrected chi connectivity index (χ4v) is 7.08. The molecule has 18 heteroatoms. The van der Waals surface area contributed by atoms with E-state index in [-0.39, 0.29) is 41.8 Å². The molecule has 2 saturated heterocycles. The fourth-order valence-electron chi connectivity index (χ4n) is 6.57. The average Bonchev–Trinajstić information content (AvgIpc) is 3.87. The summed E-state index contributed by atoms with van der Waals surface area (Å²) in [6.07, 6.45) is 1.87. The van der Waals surface area contributed by atoms with Crippen molar-refractivity contribution in [1.29, 1.82) is 0 Å². The van der Waals surface area contributed by atoms with Crippen LogP contribution in [0.2, 0.25) is 0 Å². The van der Waals surface area contributed by atoms with Crippen LogP contribution in [-0.2, 0) is 21.2 Å². The third-order valence-electron chi connectivity index (χ3n) is 9.25. The number of nitrogens with one attached hydrogen (secondary N) is 5. The fraction of sp³-hybridized carbons (Fsp3) is 0.567. The third kappa shape index (κ3) is 7.46. The van der Waals surface area contributed by atoms with Gasteiger partial charge in [-0.05, 0) is 49.9 Å². The Labute approximate surface area is 278 Å². The number of amides is 3. The van der Waals surface area contributed by atoms with Crippen LogP contribution in [0.4, 0.5) is 16.6 Å². The van der Waals surface area contributed by atoms with Crippen LogP contribution in [-0.4, -0.2) is 113 Å². The molecule has 3 fully saturated rings. The number of sulfonamides is 1. The molecule has 0 unspecified atom stereocenters. The first kappa shape index (κ1) is 33.8. The molecule has 2 aliphatic heterocycles. The van der Waals surface area contributed by atoms with Crippen molar-refractivity contribution in [2.24, 2.45) is 5.14 Å². The maximum Gasteiger partial charge on any atom is 0.315 e. The van der Waals surface area contributed by atoms with Crippen molar-refractivity contribution in [1.82, 2.24) is 40.8 Å². The first-order chi connectivity index (χ1) is 23.0. The van der Waals surface area contributed by atoms with Crippen LogP contribution in [0.25, 0.3) is 11.2 Å². The number of aliphatic hydroxyl groups is 2. The van der Waals surface area contributed by atoms with E-state index in [1.54, 1.807) is 30.0 Å². The second-order valence-corrected chi connectivity index (χ2v) is 14.2. The number of urea groups is 1. The van der Waals surface area contributed by atoms with Gasteiger partial charge in [-0.25, -0.2) is 23.3 Å². The zero-order valence-electron chi connectivity index (χ0n) is 26.7. The van der Waals surface area contributed by atoms with Crippen LogP contribution < -0.4 is 36.6 Å². The van der Waals surface area contributed by atoms with E-state index >= 15 is 0 Å². The number of carbonyl (C=O) groups excluding carboxylic acids is 2. The summed E-state index contributed by atoms with van der Waals surface area (Å²) in [7, 11) is -3.79. The molecule has 260 valence electrons. The highest BCUT2D eigenvalue weighted by Gasteiger charge is 2.44. The summed E-state index contributed by atoms with van der Waals surface area (Å²) >= 11 is 0. The zero-order chi connectivity index (χ0) is 34.0. The van der Waals surface area contributed by atoms with Gasteiger partial charge in [-0.1, -0.05) is 19.1 Å². The van der Waals surface area contributed by atoms with Gasteiger partial charge in [-0.3, -0.25) is 4.79 Å². The van der Waals surface area contributed by atoms with Crippen molar-refractivity contribution >= 4 is 44.9 Å². The smallest absolute Gasteiger partial charge is 0.315 e. The lowest BCUT2D eigenvalue weighted by Crippen LogP contribution is -2.47. The Hall–Kier alpha value is -4.10. The summed E-state index contributed by atoms with van der Waals surface area (Å²) in [5, 5.41) is 42.5. The minimum Gasteiger partial charge on any atom is -0.388 e. The van der Waals surface area contributed by atoms with Crippen LogP contribution in [0.15, 0.2) is 35.5 Å². The molecule has 48 heavy (non-hydrogen) atoms. The minimum absolute atomic E-state index is 0.0362. The van der Waals surface area contributed by atoms with Crippen molar-refractivity contribution in [3.8, 4) is 0 Å². The average molecular weight is 686 g/mol. The van der Waals surface area contributed by atoms with E-state index in [4.69, 9.17) is 15.1 Å². The molecule has 1 saturated carbocycles. The number of benzene rings is 1. The van der Waals surface area contributed by atoms with E-state index in [0.29, 0.717) is 55.4 Å². The molecule has 3 amide bonds. The number of rotatable bonds is 11. The molecule has 3 aromatic rings. The lowest BCUT2D eigenvalue weighted by molar-refractivity contribution is -0.122. The highest BCUT2D eigenvalue weighted by Crippen LogP contribution is 2.35. The first-order valence-corrected chi connectivity index (χ1v) is 17.8. The second kappa shape index (κ2) is 14.2. The molecule has 1 aliphatic carbocycles. The van der Waals surface area contributed by atoms with Gasteiger partial charge in [0.2, 0.25) is 21.9 Å². The van der Waals surface area contributed by atoms with Gasteiger partial charge in [0.1, 0.15) is 12.2 Å². The Morgan fingerprint density at radius 2 is 1.83 bits per heavy atom. The number of hydrogen-bond acceptors (Lipinski definition) is 12. The predicted octanol–water partition coefficient (Wildman–Crippen LogP) is -1.07. The first-order valence-electron chi connectivity index (χ1n) is 16.3. The van der Waals surface area contributed by atoms with Crippen molar-refractivity contribution in [3.05, 3.63) is 36.2 Å². The van der Waals surface area contributed by atoms with Crippen LogP contribution in [0.3, 0.4) is 0 Å². The lowest BCUT2D eigenvalue weighted by atomic mass is 10.1. The van der Waals surface area contributed by atoms with E-state index < -0.39 is 34.3 Å². The number of primary sulfonamides is 1. The van der Waals surface area contributed by atoms with Gasteiger partial charge in [0.15, 0.2) is 17.0 Å². The highest BCUT2D eigenvalue weighted by molar-refractivity contribution is 7.89. The summed E-state index contributed by atoms with van der Waals surface area (Å²) in [4.78, 5) is 41.0. The summed E-state index contributed by atoms with van der Waals surface area (Å²) in [5.41, 5.74) is 1.79. The van der Waals surface area contributed by atoms with Gasteiger partial charge in [0.25, 0.3) is 0 Å². The Kier molecular flexibility index (Phi) is 9.98. The quantitative estimate of drug-likeness (QED) is 0.120. The van der Waals surface area contributed by atoms with Crippen molar-refractivity contribution in [2.45, 2.75) is 80.3 Å². The zero-order valence-corrected chi connectivity index (χ0v) is 27.5. The van der Waals surface area contributed by atoms with Crippen molar-refractivity contribution in [2.75, 3.05) is 42.9 Å². The Bertz CT molecular complexity index is 1730. The summed E-state index contributed by atoms with van der Waals surface area (Å²) < 4.78 is 25.0. The van der Waals surface area contributed by atoms with Crippen molar-refractivity contribution < 1.29 is 28.2 Å². The monoisotopic (exact) mass is 685 g/mol. The summed E-state index contributed by atoms with van der Waals surface area (Å²) in [6, 6.07) is 4.88. The molecule has 3 aliphatic rings. The van der Waals surface area contributed by atoms with Gasteiger partial charge in [0, 0.05) is 44.7 Å². The summed E-state index contributed by atoms with van der Waals surface area (Å²) in [6.45, 7) is 4.87. The molecule has 0 spiro atoms. The molecule has 4 heterocycles. The summed E-state index contributed by atoms with van der Waals surface area (Å²) in [5.74, 6) is 0.656.